The van der Waals surface area contributed by atoms with Crippen molar-refractivity contribution in [3.63, 3.8) is 0 Å². The van der Waals surface area contributed by atoms with Crippen molar-refractivity contribution in [1.29, 1.82) is 0 Å². The summed E-state index contributed by atoms with van der Waals surface area (Å²) in [7, 11) is 0. The Morgan fingerprint density at radius 2 is 2.12 bits per heavy atom. The molecule has 0 fully saturated rings. The van der Waals surface area contributed by atoms with Crippen LogP contribution in [0.4, 0.5) is 0 Å². The summed E-state index contributed by atoms with van der Waals surface area (Å²) in [5.41, 5.74) is 0.158. The molecule has 0 saturated heterocycles. The third-order valence-electron chi connectivity index (χ3n) is 2.76. The van der Waals surface area contributed by atoms with Gasteiger partial charge in [-0.2, -0.15) is 0 Å². The van der Waals surface area contributed by atoms with E-state index in [4.69, 9.17) is 21.1 Å². The molecule has 0 radical (unpaired) electrons. The van der Waals surface area contributed by atoms with E-state index in [0.29, 0.717) is 18.4 Å². The minimum absolute atomic E-state index is 0.114. The molecule has 2 unspecified atom stereocenters. The predicted molar refractivity (Wildman–Crippen MR) is 67.7 cm³/mol. The molecular weight excluding hydrogens is 224 g/mol. The largest absolute Gasteiger partial charge is 0.351 e. The number of alkyl halides is 1. The van der Waals surface area contributed by atoms with Crippen LogP contribution in [0, 0.1) is 11.3 Å². The summed E-state index contributed by atoms with van der Waals surface area (Å²) < 4.78 is 11.5. The minimum Gasteiger partial charge on any atom is -0.351 e. The molecule has 2 atom stereocenters. The quantitative estimate of drug-likeness (QED) is 0.405. The Kier molecular flexibility index (Phi) is 5.29. The van der Waals surface area contributed by atoms with Crippen LogP contribution in [0.25, 0.3) is 0 Å². The highest BCUT2D eigenvalue weighted by atomic mass is 35.5. The highest BCUT2D eigenvalue weighted by molar-refractivity contribution is 6.18. The van der Waals surface area contributed by atoms with Gasteiger partial charge in [0.1, 0.15) is 0 Å². The van der Waals surface area contributed by atoms with Gasteiger partial charge < -0.3 is 9.47 Å². The van der Waals surface area contributed by atoms with Crippen LogP contribution >= 0.6 is 11.6 Å². The first-order valence-electron chi connectivity index (χ1n) is 5.95. The van der Waals surface area contributed by atoms with Gasteiger partial charge >= 0.3 is 0 Å². The van der Waals surface area contributed by atoms with Crippen LogP contribution < -0.4 is 0 Å². The summed E-state index contributed by atoms with van der Waals surface area (Å²) in [6, 6.07) is 0. The van der Waals surface area contributed by atoms with Crippen molar-refractivity contribution in [2.75, 3.05) is 12.5 Å². The summed E-state index contributed by atoms with van der Waals surface area (Å²) >= 11 is 5.85. The number of allylic oxidation sites excluding steroid dienone is 1. The topological polar surface area (TPSA) is 18.5 Å². The van der Waals surface area contributed by atoms with E-state index in [1.807, 2.05) is 0 Å². The molecular formula is C13H23ClO2. The molecule has 3 heteroatoms. The SMILES string of the molecule is CC(C)COC(CCl)OC1C=CCC1(C)C. The zero-order chi connectivity index (χ0) is 12.2. The first kappa shape index (κ1) is 14.0. The van der Waals surface area contributed by atoms with Gasteiger partial charge in [0.25, 0.3) is 0 Å². The molecule has 1 aliphatic carbocycles. The van der Waals surface area contributed by atoms with Crippen LogP contribution in [0.3, 0.4) is 0 Å². The van der Waals surface area contributed by atoms with Gasteiger partial charge in [0.05, 0.1) is 18.6 Å². The van der Waals surface area contributed by atoms with Gasteiger partial charge in [-0.25, -0.2) is 0 Å². The zero-order valence-corrected chi connectivity index (χ0v) is 11.5. The Morgan fingerprint density at radius 1 is 1.44 bits per heavy atom. The smallest absolute Gasteiger partial charge is 0.171 e. The average Bonchev–Trinajstić information content (AvgIpc) is 2.52. The van der Waals surface area contributed by atoms with Crippen molar-refractivity contribution < 1.29 is 9.47 Å². The molecule has 0 heterocycles. The van der Waals surface area contributed by atoms with E-state index < -0.39 is 0 Å². The molecule has 0 aromatic carbocycles. The third kappa shape index (κ3) is 4.08. The Balaban J connectivity index is 2.41. The molecule has 0 bridgehead atoms. The van der Waals surface area contributed by atoms with E-state index in [1.165, 1.54) is 0 Å². The fourth-order valence-corrected chi connectivity index (χ4v) is 1.85. The maximum atomic E-state index is 5.89. The van der Waals surface area contributed by atoms with Gasteiger partial charge in [0, 0.05) is 0 Å². The Labute approximate surface area is 104 Å². The van der Waals surface area contributed by atoms with Crippen molar-refractivity contribution in [3.8, 4) is 0 Å². The molecule has 1 rings (SSSR count). The second-order valence-corrected chi connectivity index (χ2v) is 5.80. The molecule has 0 aromatic rings. The van der Waals surface area contributed by atoms with Crippen molar-refractivity contribution >= 4 is 11.6 Å². The molecule has 0 spiro atoms. The summed E-state index contributed by atoms with van der Waals surface area (Å²) in [4.78, 5) is 0. The van der Waals surface area contributed by atoms with E-state index in [9.17, 15) is 0 Å². The molecule has 0 N–H and O–H groups in total. The first-order valence-corrected chi connectivity index (χ1v) is 6.49. The Hall–Kier alpha value is -0.0500. The highest BCUT2D eigenvalue weighted by Gasteiger charge is 2.33. The van der Waals surface area contributed by atoms with E-state index in [0.717, 1.165) is 6.42 Å². The van der Waals surface area contributed by atoms with Crippen molar-refractivity contribution in [2.45, 2.75) is 46.5 Å². The zero-order valence-electron chi connectivity index (χ0n) is 10.7. The third-order valence-corrected chi connectivity index (χ3v) is 3.02. The lowest BCUT2D eigenvalue weighted by Gasteiger charge is -2.30. The van der Waals surface area contributed by atoms with Crippen LogP contribution in [-0.4, -0.2) is 24.9 Å². The normalized spacial score (nSPS) is 25.2. The monoisotopic (exact) mass is 246 g/mol. The van der Waals surface area contributed by atoms with Gasteiger partial charge in [0.2, 0.25) is 0 Å². The van der Waals surface area contributed by atoms with Crippen molar-refractivity contribution in [2.24, 2.45) is 11.3 Å². The van der Waals surface area contributed by atoms with Gasteiger partial charge in [-0.1, -0.05) is 39.8 Å². The second kappa shape index (κ2) is 6.04. The molecule has 0 aromatic heterocycles. The lowest BCUT2D eigenvalue weighted by molar-refractivity contribution is -0.170. The van der Waals surface area contributed by atoms with Gasteiger partial charge in [0.15, 0.2) is 6.29 Å². The van der Waals surface area contributed by atoms with Crippen LogP contribution in [0.15, 0.2) is 12.2 Å². The molecule has 94 valence electrons. The molecule has 0 saturated carbocycles. The van der Waals surface area contributed by atoms with Crippen molar-refractivity contribution in [1.82, 2.24) is 0 Å². The number of ether oxygens (including phenoxy) is 2. The maximum absolute atomic E-state index is 5.89. The lowest BCUT2D eigenvalue weighted by Crippen LogP contribution is -2.33. The summed E-state index contributed by atoms with van der Waals surface area (Å²) in [5, 5.41) is 0. The van der Waals surface area contributed by atoms with Gasteiger partial charge in [-0.3, -0.25) is 0 Å². The van der Waals surface area contributed by atoms with E-state index in [-0.39, 0.29) is 17.8 Å². The summed E-state index contributed by atoms with van der Waals surface area (Å²) in [6.45, 7) is 9.32. The second-order valence-electron chi connectivity index (χ2n) is 5.49. The molecule has 1 aliphatic rings. The summed E-state index contributed by atoms with van der Waals surface area (Å²) in [5.74, 6) is 0.883. The lowest BCUT2D eigenvalue weighted by atomic mass is 9.88. The minimum atomic E-state index is -0.295. The Bertz CT molecular complexity index is 236. The molecule has 16 heavy (non-hydrogen) atoms. The fourth-order valence-electron chi connectivity index (χ4n) is 1.69. The van der Waals surface area contributed by atoms with Crippen LogP contribution in [0.5, 0.6) is 0 Å². The van der Waals surface area contributed by atoms with Gasteiger partial charge in [-0.15, -0.1) is 11.6 Å². The van der Waals surface area contributed by atoms with E-state index in [2.05, 4.69) is 39.8 Å². The van der Waals surface area contributed by atoms with Crippen LogP contribution in [-0.2, 0) is 9.47 Å². The number of hydrogen-bond donors (Lipinski definition) is 0. The molecule has 0 aliphatic heterocycles. The fraction of sp³-hybridized carbons (Fsp3) is 0.846. The van der Waals surface area contributed by atoms with Gasteiger partial charge in [-0.05, 0) is 17.8 Å². The van der Waals surface area contributed by atoms with E-state index >= 15 is 0 Å². The predicted octanol–water partition coefficient (Wildman–Crippen LogP) is 3.60. The average molecular weight is 247 g/mol. The number of hydrogen-bond acceptors (Lipinski definition) is 2. The number of rotatable bonds is 6. The highest BCUT2D eigenvalue weighted by Crippen LogP contribution is 2.35. The summed E-state index contributed by atoms with van der Waals surface area (Å²) in [6.07, 6.45) is 5.15. The molecule has 2 nitrogen and oxygen atoms in total. The van der Waals surface area contributed by atoms with E-state index in [1.54, 1.807) is 0 Å². The maximum Gasteiger partial charge on any atom is 0.171 e. The first-order chi connectivity index (χ1) is 7.45. The van der Waals surface area contributed by atoms with Crippen LogP contribution in [0.2, 0.25) is 0 Å². The standard InChI is InChI=1S/C13H23ClO2/c1-10(2)9-15-12(8-14)16-11-6-5-7-13(11,3)4/h5-6,10-12H,7-9H2,1-4H3. The number of halogens is 1. The van der Waals surface area contributed by atoms with Crippen LogP contribution in [0.1, 0.15) is 34.1 Å². The Morgan fingerprint density at radius 3 is 2.56 bits per heavy atom. The van der Waals surface area contributed by atoms with Crippen molar-refractivity contribution in [3.05, 3.63) is 12.2 Å². The molecule has 0 amide bonds.